The Kier molecular flexibility index (Phi) is 3.25. The Morgan fingerprint density at radius 2 is 2.12 bits per heavy atom. The van der Waals surface area contributed by atoms with E-state index in [0.29, 0.717) is 10.5 Å². The average Bonchev–Trinajstić information content (AvgIpc) is 2.62. The summed E-state index contributed by atoms with van der Waals surface area (Å²) in [5.74, 6) is 1.92. The van der Waals surface area contributed by atoms with E-state index >= 15 is 0 Å². The number of aryl methyl sites for hydroxylation is 1. The van der Waals surface area contributed by atoms with Gasteiger partial charge < -0.3 is 4.98 Å². The molecule has 1 aromatic heterocycles. The van der Waals surface area contributed by atoms with Gasteiger partial charge in [-0.2, -0.15) is 24.9 Å². The minimum atomic E-state index is -4.15. The van der Waals surface area contributed by atoms with E-state index < -0.39 is 12.6 Å². The molecule has 0 fully saturated rings. The van der Waals surface area contributed by atoms with Crippen LogP contribution in [0.25, 0.3) is 0 Å². The molecule has 1 aliphatic heterocycles. The molecule has 2 rings (SSSR count). The highest BCUT2D eigenvalue weighted by Gasteiger charge is 2.27. The molecule has 88 valence electrons. The van der Waals surface area contributed by atoms with Crippen LogP contribution in [0.15, 0.2) is 0 Å². The highest BCUT2D eigenvalue weighted by Crippen LogP contribution is 2.29. The summed E-state index contributed by atoms with van der Waals surface area (Å²) in [5.41, 5.74) is 1.90. The first-order chi connectivity index (χ1) is 7.46. The van der Waals surface area contributed by atoms with Gasteiger partial charge in [-0.25, -0.2) is 4.98 Å². The monoisotopic (exact) mass is 266 g/mol. The van der Waals surface area contributed by atoms with Crippen LogP contribution in [-0.2, 0) is 17.9 Å². The van der Waals surface area contributed by atoms with Gasteiger partial charge in [-0.1, -0.05) is 12.2 Å². The van der Waals surface area contributed by atoms with Crippen LogP contribution in [0, 0.1) is 4.64 Å². The number of nitrogens with one attached hydrogen (secondary N) is 1. The highest BCUT2D eigenvalue weighted by molar-refractivity contribution is 7.98. The maximum atomic E-state index is 12.0. The van der Waals surface area contributed by atoms with E-state index in [1.807, 2.05) is 0 Å². The molecule has 0 saturated heterocycles. The van der Waals surface area contributed by atoms with Gasteiger partial charge >= 0.3 is 6.18 Å². The second kappa shape index (κ2) is 4.37. The fourth-order valence-electron chi connectivity index (χ4n) is 1.50. The first-order valence-corrected chi connectivity index (χ1v) is 6.27. The third kappa shape index (κ3) is 2.76. The summed E-state index contributed by atoms with van der Waals surface area (Å²) in [6, 6.07) is 0. The van der Waals surface area contributed by atoms with Gasteiger partial charge in [0.2, 0.25) is 0 Å². The number of rotatable bonds is 2. The number of halogens is 3. The number of fused-ring (bicyclic) bond motifs is 1. The number of nitrogens with zero attached hydrogens (tertiary/aromatic N) is 1. The second-order valence-corrected chi connectivity index (χ2v) is 4.93. The summed E-state index contributed by atoms with van der Waals surface area (Å²) in [5, 5.41) is 0. The van der Waals surface area contributed by atoms with Crippen LogP contribution in [0.4, 0.5) is 13.2 Å². The molecular weight excluding hydrogens is 257 g/mol. The maximum Gasteiger partial charge on any atom is 0.389 e. The lowest BCUT2D eigenvalue weighted by molar-refractivity contribution is -0.134. The van der Waals surface area contributed by atoms with Gasteiger partial charge in [0, 0.05) is 29.2 Å². The number of hydrogen-bond acceptors (Lipinski definition) is 3. The third-order valence-corrected chi connectivity index (χ3v) is 3.62. The van der Waals surface area contributed by atoms with Crippen LogP contribution in [-0.4, -0.2) is 16.1 Å². The molecule has 0 spiro atoms. The molecule has 1 aromatic rings. The minimum Gasteiger partial charge on any atom is -0.346 e. The van der Waals surface area contributed by atoms with Crippen LogP contribution >= 0.6 is 24.0 Å². The number of hydrogen-bond donors (Lipinski definition) is 1. The number of H-pyrrole nitrogens is 1. The van der Waals surface area contributed by atoms with Crippen molar-refractivity contribution >= 4 is 24.0 Å². The highest BCUT2D eigenvalue weighted by atomic mass is 32.2. The lowest BCUT2D eigenvalue weighted by Crippen LogP contribution is -2.11. The predicted molar refractivity (Wildman–Crippen MR) is 58.8 cm³/mol. The van der Waals surface area contributed by atoms with Crippen molar-refractivity contribution < 1.29 is 13.2 Å². The van der Waals surface area contributed by atoms with Gasteiger partial charge in [-0.3, -0.25) is 0 Å². The molecule has 0 amide bonds. The molecule has 16 heavy (non-hydrogen) atoms. The summed E-state index contributed by atoms with van der Waals surface area (Å²) in [7, 11) is 0. The second-order valence-electron chi connectivity index (χ2n) is 3.55. The average molecular weight is 266 g/mol. The molecule has 7 heteroatoms. The van der Waals surface area contributed by atoms with Crippen molar-refractivity contribution in [3.8, 4) is 0 Å². The van der Waals surface area contributed by atoms with Gasteiger partial charge in [0.05, 0.1) is 6.42 Å². The van der Waals surface area contributed by atoms with Gasteiger partial charge in [0.15, 0.2) is 0 Å². The zero-order valence-electron chi connectivity index (χ0n) is 8.23. The third-order valence-electron chi connectivity index (χ3n) is 2.29. The van der Waals surface area contributed by atoms with Gasteiger partial charge in [-0.05, 0) is 0 Å². The number of aromatic amines is 1. The molecule has 0 atom stereocenters. The Hall–Kier alpha value is -0.560. The molecule has 1 N–H and O–H groups in total. The van der Waals surface area contributed by atoms with Gasteiger partial charge in [0.1, 0.15) is 10.5 Å². The van der Waals surface area contributed by atoms with Gasteiger partial charge in [-0.15, -0.1) is 0 Å². The quantitative estimate of drug-likeness (QED) is 0.832. The fraction of sp³-hybridized carbons (Fsp3) is 0.556. The van der Waals surface area contributed by atoms with E-state index in [4.69, 9.17) is 12.2 Å². The van der Waals surface area contributed by atoms with E-state index in [2.05, 4.69) is 9.97 Å². The molecule has 1 aliphatic rings. The molecule has 0 bridgehead atoms. The summed E-state index contributed by atoms with van der Waals surface area (Å²) >= 11 is 6.74. The fourth-order valence-corrected chi connectivity index (χ4v) is 2.97. The lowest BCUT2D eigenvalue weighted by Gasteiger charge is -2.07. The van der Waals surface area contributed by atoms with Crippen molar-refractivity contribution in [2.75, 3.05) is 0 Å². The molecule has 0 saturated carbocycles. The molecule has 2 nitrogen and oxygen atoms in total. The molecule has 0 aromatic carbocycles. The van der Waals surface area contributed by atoms with E-state index in [9.17, 15) is 13.2 Å². The Morgan fingerprint density at radius 1 is 1.38 bits per heavy atom. The first-order valence-electron chi connectivity index (χ1n) is 4.71. The summed E-state index contributed by atoms with van der Waals surface area (Å²) in [6.07, 6.45) is -5.15. The lowest BCUT2D eigenvalue weighted by atomic mass is 10.2. The SMILES string of the molecule is FC(F)(F)CCc1nc(=S)c2c([nH]1)CSC2. The summed E-state index contributed by atoms with van der Waals surface area (Å²) in [4.78, 5) is 6.93. The van der Waals surface area contributed by atoms with E-state index in [1.165, 1.54) is 0 Å². The van der Waals surface area contributed by atoms with Crippen molar-refractivity contribution in [2.24, 2.45) is 0 Å². The van der Waals surface area contributed by atoms with Crippen molar-refractivity contribution in [3.63, 3.8) is 0 Å². The van der Waals surface area contributed by atoms with Crippen LogP contribution in [0.1, 0.15) is 23.5 Å². The first kappa shape index (κ1) is 11.9. The van der Waals surface area contributed by atoms with Crippen molar-refractivity contribution in [1.29, 1.82) is 0 Å². The van der Waals surface area contributed by atoms with Crippen molar-refractivity contribution in [3.05, 3.63) is 21.7 Å². The maximum absolute atomic E-state index is 12.0. The molecule has 0 unspecified atom stereocenters. The van der Waals surface area contributed by atoms with E-state index in [1.54, 1.807) is 11.8 Å². The zero-order chi connectivity index (χ0) is 11.8. The van der Waals surface area contributed by atoms with Gasteiger partial charge in [0.25, 0.3) is 0 Å². The topological polar surface area (TPSA) is 28.7 Å². The largest absolute Gasteiger partial charge is 0.389 e. The minimum absolute atomic E-state index is 0.134. The van der Waals surface area contributed by atoms with E-state index in [-0.39, 0.29) is 6.42 Å². The normalized spacial score (nSPS) is 15.2. The Bertz CT molecular complexity index is 453. The Morgan fingerprint density at radius 3 is 2.81 bits per heavy atom. The van der Waals surface area contributed by atoms with Crippen molar-refractivity contribution in [1.82, 2.24) is 9.97 Å². The number of alkyl halides is 3. The van der Waals surface area contributed by atoms with E-state index in [0.717, 1.165) is 22.8 Å². The summed E-state index contributed by atoms with van der Waals surface area (Å²) in [6.45, 7) is 0. The molecule has 0 aliphatic carbocycles. The van der Waals surface area contributed by atoms with Crippen LogP contribution < -0.4 is 0 Å². The zero-order valence-corrected chi connectivity index (χ0v) is 9.86. The summed E-state index contributed by atoms with van der Waals surface area (Å²) < 4.78 is 36.6. The predicted octanol–water partition coefficient (Wildman–Crippen LogP) is 3.38. The molecular formula is C9H9F3N2S2. The standard InChI is InChI=1S/C9H9F3N2S2/c10-9(11,12)2-1-7-13-6-4-16-3-5(6)8(15)14-7/h1-4H2,(H,13,14,15). The van der Waals surface area contributed by atoms with Crippen LogP contribution in [0.3, 0.4) is 0 Å². The smallest absolute Gasteiger partial charge is 0.346 e. The Labute approximate surface area is 99.7 Å². The van der Waals surface area contributed by atoms with Crippen LogP contribution in [0.2, 0.25) is 0 Å². The number of aromatic nitrogens is 2. The Balaban J connectivity index is 2.18. The van der Waals surface area contributed by atoms with Crippen molar-refractivity contribution in [2.45, 2.75) is 30.5 Å². The molecule has 0 radical (unpaired) electrons. The van der Waals surface area contributed by atoms with Crippen LogP contribution in [0.5, 0.6) is 0 Å². The number of thioether (sulfide) groups is 1. The molecule has 2 heterocycles.